The summed E-state index contributed by atoms with van der Waals surface area (Å²) in [6, 6.07) is 11.2. The first-order valence-corrected chi connectivity index (χ1v) is 17.7. The van der Waals surface area contributed by atoms with Gasteiger partial charge in [-0.2, -0.15) is 0 Å². The van der Waals surface area contributed by atoms with E-state index in [2.05, 4.69) is 15.7 Å². The van der Waals surface area contributed by atoms with Crippen molar-refractivity contribution >= 4 is 39.2 Å². The number of hydrogen-bond donors (Lipinski definition) is 2. The highest BCUT2D eigenvalue weighted by atomic mass is 35.5. The summed E-state index contributed by atoms with van der Waals surface area (Å²) in [6.45, 7) is 4.78. The van der Waals surface area contributed by atoms with Crippen LogP contribution in [-0.2, 0) is 31.4 Å². The maximum atomic E-state index is 13.4. The molecular weight excluding hydrogens is 616 g/mol. The normalized spacial score (nSPS) is 31.8. The summed E-state index contributed by atoms with van der Waals surface area (Å²) in [6.07, 6.45) is 8.54. The molecular formula is C34H41ClN2O7S. The number of carboxylic acid groups (broad SMARTS) is 1. The second-order valence-corrected chi connectivity index (χ2v) is 15.8. The standard InChI is InChI=1S/C34H41ClN2O7S/c1-21-5-3-7-30(43-18-32(38)39)27-11-8-25(27)17-37-19-34(14-4-6-23-15-26(35)10-12-28(23)34)20-44-31-13-9-24(16-29(31)37)33(40)36-45(41,42)22(21)2/h3,7,9-10,12-13,15-16,21-22,25,27,30H,4-6,8,11,14,17-20H2,1-2H3,(H,36,40)(H,38,39)/b7-3-/t21-,22+,25-,27+,30-,34-/m0/s1. The molecule has 0 aromatic heterocycles. The topological polar surface area (TPSA) is 122 Å². The minimum atomic E-state index is -3.98. The van der Waals surface area contributed by atoms with Gasteiger partial charge in [0.25, 0.3) is 5.91 Å². The van der Waals surface area contributed by atoms with Gasteiger partial charge in [0.05, 0.1) is 23.6 Å². The number of sulfonamides is 1. The number of ether oxygens (including phenoxy) is 2. The maximum absolute atomic E-state index is 13.4. The molecule has 6 atom stereocenters. The molecule has 2 aliphatic heterocycles. The van der Waals surface area contributed by atoms with E-state index >= 15 is 0 Å². The molecule has 0 unspecified atom stereocenters. The second-order valence-electron chi connectivity index (χ2n) is 13.3. The molecule has 2 aromatic rings. The summed E-state index contributed by atoms with van der Waals surface area (Å²) in [5, 5.41) is 9.26. The van der Waals surface area contributed by atoms with Crippen molar-refractivity contribution in [3.8, 4) is 5.75 Å². The van der Waals surface area contributed by atoms with E-state index in [1.165, 1.54) is 11.1 Å². The number of anilines is 1. The van der Waals surface area contributed by atoms with Crippen LogP contribution < -0.4 is 14.4 Å². The van der Waals surface area contributed by atoms with Crippen molar-refractivity contribution < 1.29 is 32.6 Å². The molecule has 1 saturated carbocycles. The highest BCUT2D eigenvalue weighted by Crippen LogP contribution is 2.47. The molecule has 45 heavy (non-hydrogen) atoms. The van der Waals surface area contributed by atoms with Crippen LogP contribution in [0.15, 0.2) is 48.6 Å². The number of carbonyl (C=O) groups excluding carboxylic acids is 1. The summed E-state index contributed by atoms with van der Waals surface area (Å²) in [4.78, 5) is 27.2. The van der Waals surface area contributed by atoms with E-state index in [1.807, 2.05) is 31.2 Å². The Morgan fingerprint density at radius 1 is 1.20 bits per heavy atom. The van der Waals surface area contributed by atoms with Crippen molar-refractivity contribution in [2.45, 2.75) is 69.1 Å². The van der Waals surface area contributed by atoms with Crippen LogP contribution in [0, 0.1) is 17.8 Å². The number of carbonyl (C=O) groups is 2. The zero-order chi connectivity index (χ0) is 31.9. The van der Waals surface area contributed by atoms with Crippen molar-refractivity contribution in [2.75, 3.05) is 31.2 Å². The van der Waals surface area contributed by atoms with E-state index in [0.29, 0.717) is 36.9 Å². The van der Waals surface area contributed by atoms with Crippen LogP contribution in [0.25, 0.3) is 0 Å². The molecule has 2 aromatic carbocycles. The molecule has 1 amide bonds. The number of hydrogen-bond acceptors (Lipinski definition) is 7. The van der Waals surface area contributed by atoms with Crippen molar-refractivity contribution in [3.05, 3.63) is 70.3 Å². The van der Waals surface area contributed by atoms with Gasteiger partial charge in [0.2, 0.25) is 10.0 Å². The summed E-state index contributed by atoms with van der Waals surface area (Å²) < 4.78 is 41.3. The second kappa shape index (κ2) is 12.6. The summed E-state index contributed by atoms with van der Waals surface area (Å²) in [5.41, 5.74) is 3.13. The molecule has 4 aliphatic rings. The SMILES string of the molecule is C[C@@H]1[C@@H](C)C/C=C\[C@H](OCC(=O)O)[C@@H]2CC[C@H]2CN2C[C@@]3(CCCc4cc(Cl)ccc43)COc3ccc(cc32)C(=O)NS1(=O)=O. The Morgan fingerprint density at radius 3 is 2.78 bits per heavy atom. The smallest absolute Gasteiger partial charge is 0.329 e. The van der Waals surface area contributed by atoms with Gasteiger partial charge in [-0.15, -0.1) is 0 Å². The fraction of sp³-hybridized carbons (Fsp3) is 0.529. The molecule has 11 heteroatoms. The van der Waals surface area contributed by atoms with Gasteiger partial charge in [-0.1, -0.05) is 36.7 Å². The van der Waals surface area contributed by atoms with Gasteiger partial charge in [-0.3, -0.25) is 4.79 Å². The van der Waals surface area contributed by atoms with Crippen LogP contribution in [0.1, 0.15) is 67.4 Å². The molecule has 242 valence electrons. The van der Waals surface area contributed by atoms with Gasteiger partial charge in [0.15, 0.2) is 0 Å². The quantitative estimate of drug-likeness (QED) is 0.424. The summed E-state index contributed by atoms with van der Waals surface area (Å²) >= 11 is 6.40. The number of benzene rings is 2. The maximum Gasteiger partial charge on any atom is 0.329 e. The minimum Gasteiger partial charge on any atom is -0.490 e. The predicted octanol–water partition coefficient (Wildman–Crippen LogP) is 5.35. The van der Waals surface area contributed by atoms with E-state index < -0.39 is 39.9 Å². The zero-order valence-electron chi connectivity index (χ0n) is 25.7. The fourth-order valence-electron chi connectivity index (χ4n) is 7.49. The summed E-state index contributed by atoms with van der Waals surface area (Å²) in [5.74, 6) is -1.04. The lowest BCUT2D eigenvalue weighted by molar-refractivity contribution is -0.145. The van der Waals surface area contributed by atoms with Crippen LogP contribution in [0.2, 0.25) is 5.02 Å². The molecule has 0 radical (unpaired) electrons. The molecule has 1 fully saturated rings. The number of halogens is 1. The van der Waals surface area contributed by atoms with Crippen LogP contribution in [-0.4, -0.2) is 63.1 Å². The largest absolute Gasteiger partial charge is 0.490 e. The Bertz CT molecular complexity index is 1610. The molecule has 9 nitrogen and oxygen atoms in total. The lowest BCUT2D eigenvalue weighted by Crippen LogP contribution is -2.49. The number of aliphatic carboxylic acids is 1. The van der Waals surface area contributed by atoms with E-state index in [9.17, 15) is 23.1 Å². The minimum absolute atomic E-state index is 0.0949. The number of carboxylic acids is 1. The average Bonchev–Trinajstić information content (AvgIpc) is 3.13. The molecule has 2 aliphatic carbocycles. The number of fused-ring (bicyclic) bond motifs is 4. The van der Waals surface area contributed by atoms with E-state index in [0.717, 1.165) is 37.8 Å². The third kappa shape index (κ3) is 6.46. The van der Waals surface area contributed by atoms with Gasteiger partial charge < -0.3 is 19.5 Å². The monoisotopic (exact) mass is 656 g/mol. The van der Waals surface area contributed by atoms with Crippen molar-refractivity contribution in [1.82, 2.24) is 4.72 Å². The van der Waals surface area contributed by atoms with Crippen molar-refractivity contribution in [2.24, 2.45) is 17.8 Å². The number of nitrogens with zero attached hydrogens (tertiary/aromatic N) is 1. The van der Waals surface area contributed by atoms with Gasteiger partial charge >= 0.3 is 5.97 Å². The van der Waals surface area contributed by atoms with Crippen LogP contribution in [0.3, 0.4) is 0 Å². The molecule has 2 bridgehead atoms. The highest BCUT2D eigenvalue weighted by Gasteiger charge is 2.44. The van der Waals surface area contributed by atoms with E-state index in [1.54, 1.807) is 25.1 Å². The van der Waals surface area contributed by atoms with E-state index in [4.69, 9.17) is 21.1 Å². The van der Waals surface area contributed by atoms with Gasteiger partial charge in [-0.05, 0) is 105 Å². The number of aryl methyl sites for hydroxylation is 1. The fourth-order valence-corrected chi connectivity index (χ4v) is 8.97. The molecule has 1 spiro atoms. The molecule has 6 rings (SSSR count). The summed E-state index contributed by atoms with van der Waals surface area (Å²) in [7, 11) is -3.98. The third-order valence-corrected chi connectivity index (χ3v) is 12.6. The van der Waals surface area contributed by atoms with Crippen LogP contribution in [0.5, 0.6) is 5.75 Å². The Morgan fingerprint density at radius 2 is 2.02 bits per heavy atom. The number of nitrogens with one attached hydrogen (secondary N) is 1. The first-order chi connectivity index (χ1) is 21.5. The molecule has 0 saturated heterocycles. The zero-order valence-corrected chi connectivity index (χ0v) is 27.3. The number of allylic oxidation sites excluding steroid dienone is 1. The lowest BCUT2D eigenvalue weighted by atomic mass is 9.68. The van der Waals surface area contributed by atoms with Crippen LogP contribution in [0.4, 0.5) is 5.69 Å². The van der Waals surface area contributed by atoms with Gasteiger partial charge in [-0.25, -0.2) is 17.9 Å². The third-order valence-electron chi connectivity index (χ3n) is 10.4. The number of rotatable bonds is 3. The van der Waals surface area contributed by atoms with Gasteiger partial charge in [0.1, 0.15) is 12.4 Å². The first kappa shape index (κ1) is 31.9. The molecule has 2 heterocycles. The van der Waals surface area contributed by atoms with Gasteiger partial charge in [0, 0.05) is 29.1 Å². The Labute approximate surface area is 270 Å². The number of amides is 1. The molecule has 2 N–H and O–H groups in total. The highest BCUT2D eigenvalue weighted by molar-refractivity contribution is 7.90. The van der Waals surface area contributed by atoms with Crippen LogP contribution >= 0.6 is 11.6 Å². The lowest BCUT2D eigenvalue weighted by Gasteiger charge is -2.46. The van der Waals surface area contributed by atoms with E-state index in [-0.39, 0.29) is 28.7 Å². The Hall–Kier alpha value is -3.08. The van der Waals surface area contributed by atoms with Crippen molar-refractivity contribution in [1.29, 1.82) is 0 Å². The predicted molar refractivity (Wildman–Crippen MR) is 173 cm³/mol. The Kier molecular flexibility index (Phi) is 8.93. The Balaban J connectivity index is 1.42. The average molecular weight is 657 g/mol. The first-order valence-electron chi connectivity index (χ1n) is 15.8. The van der Waals surface area contributed by atoms with Crippen molar-refractivity contribution in [3.63, 3.8) is 0 Å².